The molecular formula is C18H20N2O3. The first kappa shape index (κ1) is 15.5. The lowest BCUT2D eigenvalue weighted by atomic mass is 9.87. The Hall–Kier alpha value is -2.40. The van der Waals surface area contributed by atoms with E-state index >= 15 is 0 Å². The third-order valence-corrected chi connectivity index (χ3v) is 4.55. The lowest BCUT2D eigenvalue weighted by molar-refractivity contribution is -0.385. The summed E-state index contributed by atoms with van der Waals surface area (Å²) < 4.78 is 5.32. The van der Waals surface area contributed by atoms with Crippen LogP contribution in [0.2, 0.25) is 0 Å². The molecule has 3 rings (SSSR count). The molecule has 1 aliphatic heterocycles. The summed E-state index contributed by atoms with van der Waals surface area (Å²) in [4.78, 5) is 13.0. The zero-order chi connectivity index (χ0) is 16.6. The topological polar surface area (TPSA) is 55.6 Å². The van der Waals surface area contributed by atoms with Gasteiger partial charge in [-0.05, 0) is 55.3 Å². The maximum Gasteiger partial charge on any atom is 0.272 e. The number of rotatable bonds is 3. The SMILES string of the molecule is COc1ccc2c(c1)CCN(C)C2c1ccc([N+](=O)[O-])c(C)c1. The van der Waals surface area contributed by atoms with Crippen LogP contribution in [0.1, 0.15) is 28.3 Å². The highest BCUT2D eigenvalue weighted by Gasteiger charge is 2.27. The van der Waals surface area contributed by atoms with Crippen LogP contribution in [0.25, 0.3) is 0 Å². The molecule has 0 saturated carbocycles. The molecule has 1 unspecified atom stereocenters. The fraction of sp³-hybridized carbons (Fsp3) is 0.333. The maximum atomic E-state index is 11.0. The van der Waals surface area contributed by atoms with Gasteiger partial charge in [-0.3, -0.25) is 15.0 Å². The molecule has 0 fully saturated rings. The average Bonchev–Trinajstić information content (AvgIpc) is 2.53. The van der Waals surface area contributed by atoms with Crippen molar-refractivity contribution in [3.8, 4) is 5.75 Å². The Bertz CT molecular complexity index is 758. The number of nitro groups is 1. The number of nitrogens with zero attached hydrogens (tertiary/aromatic N) is 2. The molecule has 5 nitrogen and oxygen atoms in total. The van der Waals surface area contributed by atoms with E-state index in [2.05, 4.69) is 24.1 Å². The fourth-order valence-electron chi connectivity index (χ4n) is 3.34. The molecule has 0 N–H and O–H groups in total. The molecule has 1 heterocycles. The van der Waals surface area contributed by atoms with Gasteiger partial charge in [0.15, 0.2) is 0 Å². The molecule has 0 spiro atoms. The number of hydrogen-bond donors (Lipinski definition) is 0. The monoisotopic (exact) mass is 312 g/mol. The van der Waals surface area contributed by atoms with Crippen LogP contribution >= 0.6 is 0 Å². The van der Waals surface area contributed by atoms with Crippen LogP contribution in [0.15, 0.2) is 36.4 Å². The van der Waals surface area contributed by atoms with Crippen molar-refractivity contribution in [1.29, 1.82) is 0 Å². The normalized spacial score (nSPS) is 17.6. The Morgan fingerprint density at radius 3 is 2.70 bits per heavy atom. The molecule has 0 aromatic heterocycles. The lowest BCUT2D eigenvalue weighted by Gasteiger charge is -2.35. The molecular weight excluding hydrogens is 292 g/mol. The first-order valence-corrected chi connectivity index (χ1v) is 7.63. The Morgan fingerprint density at radius 2 is 2.04 bits per heavy atom. The predicted octanol–water partition coefficient (Wildman–Crippen LogP) is 3.49. The van der Waals surface area contributed by atoms with E-state index in [0.29, 0.717) is 5.56 Å². The Labute approximate surface area is 135 Å². The second-order valence-corrected chi connectivity index (χ2v) is 6.00. The predicted molar refractivity (Wildman–Crippen MR) is 89.0 cm³/mol. The highest BCUT2D eigenvalue weighted by molar-refractivity contribution is 5.48. The molecule has 2 aromatic carbocycles. The van der Waals surface area contributed by atoms with E-state index in [1.54, 1.807) is 20.1 Å². The van der Waals surface area contributed by atoms with Gasteiger partial charge >= 0.3 is 0 Å². The zero-order valence-corrected chi connectivity index (χ0v) is 13.6. The maximum absolute atomic E-state index is 11.0. The van der Waals surface area contributed by atoms with Crippen molar-refractivity contribution >= 4 is 5.69 Å². The number of hydrogen-bond acceptors (Lipinski definition) is 4. The van der Waals surface area contributed by atoms with Gasteiger partial charge in [0, 0.05) is 18.2 Å². The van der Waals surface area contributed by atoms with Gasteiger partial charge in [0.05, 0.1) is 18.1 Å². The van der Waals surface area contributed by atoms with Crippen LogP contribution in [0.3, 0.4) is 0 Å². The first-order valence-electron chi connectivity index (χ1n) is 7.63. The number of ether oxygens (including phenoxy) is 1. The first-order chi connectivity index (χ1) is 11.0. The van der Waals surface area contributed by atoms with Crippen molar-refractivity contribution in [2.45, 2.75) is 19.4 Å². The van der Waals surface area contributed by atoms with Crippen LogP contribution in [-0.4, -0.2) is 30.5 Å². The van der Waals surface area contributed by atoms with Gasteiger partial charge in [-0.15, -0.1) is 0 Å². The molecule has 0 aliphatic carbocycles. The quantitative estimate of drug-likeness (QED) is 0.643. The molecule has 0 radical (unpaired) electrons. The van der Waals surface area contributed by atoms with Gasteiger partial charge in [-0.2, -0.15) is 0 Å². The zero-order valence-electron chi connectivity index (χ0n) is 13.6. The molecule has 1 atom stereocenters. The summed E-state index contributed by atoms with van der Waals surface area (Å²) in [5.74, 6) is 0.868. The summed E-state index contributed by atoms with van der Waals surface area (Å²) in [5, 5.41) is 11.0. The number of fused-ring (bicyclic) bond motifs is 1. The molecule has 0 bridgehead atoms. The Kier molecular flexibility index (Phi) is 4.05. The van der Waals surface area contributed by atoms with Crippen LogP contribution in [0, 0.1) is 17.0 Å². The summed E-state index contributed by atoms with van der Waals surface area (Å²) >= 11 is 0. The summed E-state index contributed by atoms with van der Waals surface area (Å²) in [5.41, 5.74) is 4.47. The summed E-state index contributed by atoms with van der Waals surface area (Å²) in [6.45, 7) is 2.74. The third kappa shape index (κ3) is 2.80. The molecule has 0 saturated heterocycles. The van der Waals surface area contributed by atoms with E-state index in [4.69, 9.17) is 4.74 Å². The van der Waals surface area contributed by atoms with Gasteiger partial charge in [0.2, 0.25) is 0 Å². The largest absolute Gasteiger partial charge is 0.497 e. The lowest BCUT2D eigenvalue weighted by Crippen LogP contribution is -2.32. The highest BCUT2D eigenvalue weighted by Crippen LogP contribution is 2.37. The van der Waals surface area contributed by atoms with Crippen molar-refractivity contribution in [3.63, 3.8) is 0 Å². The van der Waals surface area contributed by atoms with E-state index in [9.17, 15) is 10.1 Å². The molecule has 120 valence electrons. The van der Waals surface area contributed by atoms with Crippen molar-refractivity contribution in [3.05, 3.63) is 68.8 Å². The average molecular weight is 312 g/mol. The van der Waals surface area contributed by atoms with Crippen LogP contribution < -0.4 is 4.74 Å². The van der Waals surface area contributed by atoms with Crippen molar-refractivity contribution in [2.75, 3.05) is 20.7 Å². The van der Waals surface area contributed by atoms with Crippen LogP contribution in [0.4, 0.5) is 5.69 Å². The van der Waals surface area contributed by atoms with Gasteiger partial charge in [-0.25, -0.2) is 0 Å². The number of benzene rings is 2. The minimum absolute atomic E-state index is 0.115. The van der Waals surface area contributed by atoms with E-state index in [1.807, 2.05) is 18.2 Å². The summed E-state index contributed by atoms with van der Waals surface area (Å²) in [7, 11) is 3.77. The Balaban J connectivity index is 2.06. The van der Waals surface area contributed by atoms with E-state index in [0.717, 1.165) is 24.3 Å². The second kappa shape index (κ2) is 6.01. The number of likely N-dealkylation sites (N-methyl/N-ethyl adjacent to an activating group) is 1. The Morgan fingerprint density at radius 1 is 1.26 bits per heavy atom. The molecule has 0 amide bonds. The van der Waals surface area contributed by atoms with E-state index in [1.165, 1.54) is 11.1 Å². The van der Waals surface area contributed by atoms with Gasteiger partial charge in [-0.1, -0.05) is 12.1 Å². The van der Waals surface area contributed by atoms with Gasteiger partial charge < -0.3 is 4.74 Å². The summed E-state index contributed by atoms with van der Waals surface area (Å²) in [6, 6.07) is 11.7. The van der Waals surface area contributed by atoms with E-state index < -0.39 is 0 Å². The van der Waals surface area contributed by atoms with Crippen molar-refractivity contribution in [1.82, 2.24) is 4.90 Å². The third-order valence-electron chi connectivity index (χ3n) is 4.55. The summed E-state index contributed by atoms with van der Waals surface area (Å²) in [6.07, 6.45) is 0.978. The number of methoxy groups -OCH3 is 1. The van der Waals surface area contributed by atoms with Gasteiger partial charge in [0.25, 0.3) is 5.69 Å². The minimum Gasteiger partial charge on any atom is -0.497 e. The standard InChI is InChI=1S/C18H20N2O3/c1-12-10-14(4-7-17(12)20(21)22)18-16-6-5-15(23-3)11-13(16)8-9-19(18)2/h4-7,10-11,18H,8-9H2,1-3H3. The number of nitro benzene ring substituents is 1. The van der Waals surface area contributed by atoms with Crippen LogP contribution in [-0.2, 0) is 6.42 Å². The van der Waals surface area contributed by atoms with Crippen molar-refractivity contribution < 1.29 is 9.66 Å². The molecule has 5 heteroatoms. The molecule has 2 aromatic rings. The van der Waals surface area contributed by atoms with Gasteiger partial charge in [0.1, 0.15) is 5.75 Å². The number of aryl methyl sites for hydroxylation is 1. The molecule has 23 heavy (non-hydrogen) atoms. The second-order valence-electron chi connectivity index (χ2n) is 6.00. The van der Waals surface area contributed by atoms with Crippen LogP contribution in [0.5, 0.6) is 5.75 Å². The highest BCUT2D eigenvalue weighted by atomic mass is 16.6. The smallest absolute Gasteiger partial charge is 0.272 e. The fourth-order valence-corrected chi connectivity index (χ4v) is 3.34. The van der Waals surface area contributed by atoms with E-state index in [-0.39, 0.29) is 16.7 Å². The minimum atomic E-state index is -0.331. The molecule has 1 aliphatic rings. The van der Waals surface area contributed by atoms with Crippen molar-refractivity contribution in [2.24, 2.45) is 0 Å².